The molecule has 0 spiro atoms. The summed E-state index contributed by atoms with van der Waals surface area (Å²) in [5.74, 6) is 0. The minimum atomic E-state index is -4.31. The average molecular weight is 235 g/mol. The number of halogens is 3. The minimum Gasteiger partial charge on any atom is -0.399 e. The molecule has 1 aromatic rings. The van der Waals surface area contributed by atoms with Crippen LogP contribution in [0, 0.1) is 0 Å². The topological polar surface area (TPSA) is 26.0 Å². The summed E-state index contributed by atoms with van der Waals surface area (Å²) in [5.41, 5.74) is 5.20. The summed E-state index contributed by atoms with van der Waals surface area (Å²) in [7, 11) is 0. The zero-order valence-electron chi connectivity index (χ0n) is 8.43. The molecule has 0 heterocycles. The molecule has 1 rings (SSSR count). The molecule has 2 N–H and O–H groups in total. The van der Waals surface area contributed by atoms with Crippen LogP contribution in [0.15, 0.2) is 23.1 Å². The fraction of sp³-hybridized carbons (Fsp3) is 0.400. The summed E-state index contributed by atoms with van der Waals surface area (Å²) in [6.07, 6.45) is -4.31. The highest BCUT2D eigenvalue weighted by atomic mass is 32.2. The molecule has 0 bridgehead atoms. The molecular weight excluding hydrogens is 223 g/mol. The van der Waals surface area contributed by atoms with Crippen molar-refractivity contribution in [2.75, 3.05) is 5.73 Å². The first-order valence-corrected chi connectivity index (χ1v) is 5.32. The number of alkyl halides is 3. The van der Waals surface area contributed by atoms with Gasteiger partial charge in [-0.05, 0) is 18.2 Å². The lowest BCUT2D eigenvalue weighted by Crippen LogP contribution is -2.08. The second-order valence-corrected chi connectivity index (χ2v) is 5.04. The fourth-order valence-electron chi connectivity index (χ4n) is 1.12. The Labute approximate surface area is 90.9 Å². The van der Waals surface area contributed by atoms with Crippen LogP contribution in [0.2, 0.25) is 0 Å². The smallest absolute Gasteiger partial charge is 0.399 e. The molecule has 0 fully saturated rings. The van der Waals surface area contributed by atoms with Gasteiger partial charge in [-0.25, -0.2) is 0 Å². The Bertz CT molecular complexity index is 347. The normalized spacial score (nSPS) is 12.1. The van der Waals surface area contributed by atoms with Crippen LogP contribution in [-0.2, 0) is 6.18 Å². The van der Waals surface area contributed by atoms with Gasteiger partial charge in [-0.3, -0.25) is 0 Å². The van der Waals surface area contributed by atoms with E-state index in [0.29, 0.717) is 5.69 Å². The number of nitrogens with two attached hydrogens (primary N) is 1. The Morgan fingerprint density at radius 1 is 1.27 bits per heavy atom. The van der Waals surface area contributed by atoms with Crippen LogP contribution in [0.1, 0.15) is 19.4 Å². The van der Waals surface area contributed by atoms with Crippen molar-refractivity contribution in [2.24, 2.45) is 0 Å². The molecule has 84 valence electrons. The lowest BCUT2D eigenvalue weighted by Gasteiger charge is -2.14. The Morgan fingerprint density at radius 3 is 2.33 bits per heavy atom. The quantitative estimate of drug-likeness (QED) is 0.623. The van der Waals surface area contributed by atoms with E-state index < -0.39 is 11.7 Å². The predicted octanol–water partition coefficient (Wildman–Crippen LogP) is 3.79. The van der Waals surface area contributed by atoms with E-state index in [1.807, 2.05) is 13.8 Å². The molecule has 0 aliphatic rings. The molecule has 1 nitrogen and oxygen atoms in total. The van der Waals surface area contributed by atoms with Crippen LogP contribution in [-0.4, -0.2) is 5.25 Å². The van der Waals surface area contributed by atoms with E-state index in [-0.39, 0.29) is 10.1 Å². The van der Waals surface area contributed by atoms with Crippen molar-refractivity contribution in [3.63, 3.8) is 0 Å². The lowest BCUT2D eigenvalue weighted by molar-refractivity contribution is -0.139. The van der Waals surface area contributed by atoms with E-state index in [2.05, 4.69) is 0 Å². The molecule has 0 unspecified atom stereocenters. The van der Waals surface area contributed by atoms with Gasteiger partial charge in [0.25, 0.3) is 0 Å². The van der Waals surface area contributed by atoms with Crippen molar-refractivity contribution in [3.05, 3.63) is 23.8 Å². The first-order valence-electron chi connectivity index (χ1n) is 4.44. The summed E-state index contributed by atoms with van der Waals surface area (Å²) in [5, 5.41) is 0.0906. The number of anilines is 1. The number of hydrogen-bond donors (Lipinski definition) is 1. The Hall–Kier alpha value is -0.840. The molecule has 0 radical (unpaired) electrons. The molecule has 0 atom stereocenters. The SMILES string of the molecule is CC(C)Sc1cc(N)ccc1C(F)(F)F. The molecular formula is C10H12F3NS. The maximum absolute atomic E-state index is 12.6. The van der Waals surface area contributed by atoms with Crippen LogP contribution < -0.4 is 5.73 Å². The number of benzene rings is 1. The monoisotopic (exact) mass is 235 g/mol. The van der Waals surface area contributed by atoms with E-state index in [1.165, 1.54) is 23.9 Å². The van der Waals surface area contributed by atoms with Gasteiger partial charge in [0.15, 0.2) is 0 Å². The zero-order valence-corrected chi connectivity index (χ0v) is 9.25. The number of nitrogen functional groups attached to an aromatic ring is 1. The largest absolute Gasteiger partial charge is 0.417 e. The van der Waals surface area contributed by atoms with Crippen molar-refractivity contribution in [2.45, 2.75) is 30.2 Å². The van der Waals surface area contributed by atoms with Crippen molar-refractivity contribution >= 4 is 17.4 Å². The number of hydrogen-bond acceptors (Lipinski definition) is 2. The van der Waals surface area contributed by atoms with Gasteiger partial charge in [0.05, 0.1) is 5.56 Å². The summed E-state index contributed by atoms with van der Waals surface area (Å²) in [6.45, 7) is 3.68. The van der Waals surface area contributed by atoms with Crippen molar-refractivity contribution in [3.8, 4) is 0 Å². The molecule has 15 heavy (non-hydrogen) atoms. The molecule has 0 aliphatic heterocycles. The first-order chi connectivity index (χ1) is 6.80. The highest BCUT2D eigenvalue weighted by Gasteiger charge is 2.33. The summed E-state index contributed by atoms with van der Waals surface area (Å²) in [6, 6.07) is 3.67. The molecule has 0 aliphatic carbocycles. The van der Waals surface area contributed by atoms with E-state index in [9.17, 15) is 13.2 Å². The highest BCUT2D eigenvalue weighted by molar-refractivity contribution is 8.00. The lowest BCUT2D eigenvalue weighted by atomic mass is 10.2. The van der Waals surface area contributed by atoms with Gasteiger partial charge in [-0.15, -0.1) is 11.8 Å². The third kappa shape index (κ3) is 3.34. The summed E-state index contributed by atoms with van der Waals surface area (Å²) < 4.78 is 37.7. The molecule has 0 saturated carbocycles. The molecule has 0 amide bonds. The van der Waals surface area contributed by atoms with Gasteiger partial charge < -0.3 is 5.73 Å². The molecule has 5 heteroatoms. The van der Waals surface area contributed by atoms with E-state index in [4.69, 9.17) is 5.73 Å². The number of rotatable bonds is 2. The summed E-state index contributed by atoms with van der Waals surface area (Å²) in [4.78, 5) is 0.192. The zero-order chi connectivity index (χ0) is 11.6. The van der Waals surface area contributed by atoms with Crippen LogP contribution in [0.25, 0.3) is 0 Å². The molecule has 0 aromatic heterocycles. The van der Waals surface area contributed by atoms with E-state index >= 15 is 0 Å². The van der Waals surface area contributed by atoms with Gasteiger partial charge in [0, 0.05) is 15.8 Å². The third-order valence-corrected chi connectivity index (χ3v) is 2.74. The Kier molecular flexibility index (Phi) is 3.54. The second kappa shape index (κ2) is 4.35. The van der Waals surface area contributed by atoms with Gasteiger partial charge in [-0.2, -0.15) is 13.2 Å². The van der Waals surface area contributed by atoms with E-state index in [1.54, 1.807) is 0 Å². The van der Waals surface area contributed by atoms with E-state index in [0.717, 1.165) is 6.07 Å². The minimum absolute atomic E-state index is 0.0906. The van der Waals surface area contributed by atoms with Gasteiger partial charge in [-0.1, -0.05) is 13.8 Å². The van der Waals surface area contributed by atoms with Crippen molar-refractivity contribution < 1.29 is 13.2 Å². The standard InChI is InChI=1S/C10H12F3NS/c1-6(2)15-9-5-7(14)3-4-8(9)10(11,12)13/h3-6H,14H2,1-2H3. The van der Waals surface area contributed by atoms with Crippen LogP contribution >= 0.6 is 11.8 Å². The van der Waals surface area contributed by atoms with Crippen molar-refractivity contribution in [1.82, 2.24) is 0 Å². The van der Waals surface area contributed by atoms with Gasteiger partial charge in [0.1, 0.15) is 0 Å². The summed E-state index contributed by atoms with van der Waals surface area (Å²) >= 11 is 1.17. The predicted molar refractivity (Wildman–Crippen MR) is 56.8 cm³/mol. The van der Waals surface area contributed by atoms with Gasteiger partial charge >= 0.3 is 6.18 Å². The Balaban J connectivity index is 3.15. The van der Waals surface area contributed by atoms with Gasteiger partial charge in [0.2, 0.25) is 0 Å². The second-order valence-electron chi connectivity index (χ2n) is 3.42. The number of thioether (sulfide) groups is 1. The maximum atomic E-state index is 12.6. The maximum Gasteiger partial charge on any atom is 0.417 e. The highest BCUT2D eigenvalue weighted by Crippen LogP contribution is 2.38. The Morgan fingerprint density at radius 2 is 1.87 bits per heavy atom. The average Bonchev–Trinajstić information content (AvgIpc) is 1.99. The van der Waals surface area contributed by atoms with Crippen molar-refractivity contribution in [1.29, 1.82) is 0 Å². The first kappa shape index (κ1) is 12.2. The molecule has 1 aromatic carbocycles. The van der Waals surface area contributed by atoms with Crippen LogP contribution in [0.4, 0.5) is 18.9 Å². The van der Waals surface area contributed by atoms with Crippen LogP contribution in [0.3, 0.4) is 0 Å². The van der Waals surface area contributed by atoms with Crippen LogP contribution in [0.5, 0.6) is 0 Å². The fourth-order valence-corrected chi connectivity index (χ4v) is 2.15. The molecule has 0 saturated heterocycles. The third-order valence-electron chi connectivity index (χ3n) is 1.67.